The number of likely N-dealkylation sites (N-methyl/N-ethyl adjacent to an activating group) is 1. The average Bonchev–Trinajstić information content (AvgIpc) is 2.83. The summed E-state index contributed by atoms with van der Waals surface area (Å²) < 4.78 is 26.9. The SMILES string of the molecule is CNC(C)C(=O)Nc1ccc(-c2ccccc2)n(CCS(=O)(=O)CCc2ccccc2)c1=O. The van der Waals surface area contributed by atoms with E-state index in [-0.39, 0.29) is 29.6 Å². The van der Waals surface area contributed by atoms with Crippen LogP contribution in [0.15, 0.2) is 77.6 Å². The van der Waals surface area contributed by atoms with Crippen molar-refractivity contribution in [2.24, 2.45) is 0 Å². The Kier molecular flexibility index (Phi) is 8.19. The van der Waals surface area contributed by atoms with Gasteiger partial charge in [-0.05, 0) is 43.7 Å². The van der Waals surface area contributed by atoms with Crippen LogP contribution in [0, 0.1) is 0 Å². The van der Waals surface area contributed by atoms with Gasteiger partial charge in [0.05, 0.1) is 23.2 Å². The number of aryl methyl sites for hydroxylation is 1. The van der Waals surface area contributed by atoms with E-state index in [0.29, 0.717) is 12.1 Å². The molecule has 0 aliphatic heterocycles. The first-order valence-corrected chi connectivity index (χ1v) is 12.6. The van der Waals surface area contributed by atoms with Crippen LogP contribution in [-0.2, 0) is 27.6 Å². The monoisotopic (exact) mass is 467 g/mol. The molecule has 0 bridgehead atoms. The summed E-state index contributed by atoms with van der Waals surface area (Å²) in [6.07, 6.45) is 0.418. The fraction of sp³-hybridized carbons (Fsp3) is 0.280. The van der Waals surface area contributed by atoms with Crippen LogP contribution in [0.25, 0.3) is 11.3 Å². The molecular weight excluding hydrogens is 438 g/mol. The summed E-state index contributed by atoms with van der Waals surface area (Å²) in [5.74, 6) is -0.518. The molecule has 0 fully saturated rings. The standard InChI is InChI=1S/C25H29N3O4S/c1-19(26-2)24(29)27-22-13-14-23(21-11-7-4-8-12-21)28(25(22)30)16-18-33(31,32)17-15-20-9-5-3-6-10-20/h3-14,19,26H,15-18H2,1-2H3,(H,27,29). The van der Waals surface area contributed by atoms with Crippen molar-refractivity contribution >= 4 is 21.4 Å². The van der Waals surface area contributed by atoms with E-state index in [9.17, 15) is 18.0 Å². The Labute approximate surface area is 194 Å². The van der Waals surface area contributed by atoms with Crippen molar-refractivity contribution < 1.29 is 13.2 Å². The molecule has 0 saturated heterocycles. The Morgan fingerprint density at radius 1 is 0.939 bits per heavy atom. The van der Waals surface area contributed by atoms with Crippen LogP contribution in [0.3, 0.4) is 0 Å². The van der Waals surface area contributed by atoms with E-state index >= 15 is 0 Å². The minimum atomic E-state index is -3.40. The summed E-state index contributed by atoms with van der Waals surface area (Å²) in [4.78, 5) is 25.5. The fourth-order valence-electron chi connectivity index (χ4n) is 3.38. The molecule has 3 aromatic rings. The van der Waals surface area contributed by atoms with E-state index in [1.165, 1.54) is 4.57 Å². The van der Waals surface area contributed by atoms with Crippen molar-refractivity contribution in [2.75, 3.05) is 23.9 Å². The maximum atomic E-state index is 13.2. The predicted molar refractivity (Wildman–Crippen MR) is 132 cm³/mol. The minimum absolute atomic E-state index is 0.00252. The average molecular weight is 468 g/mol. The number of sulfone groups is 1. The molecule has 0 saturated carbocycles. The van der Waals surface area contributed by atoms with Gasteiger partial charge in [0, 0.05) is 6.54 Å². The molecule has 1 unspecified atom stereocenters. The third-order valence-electron chi connectivity index (χ3n) is 5.50. The van der Waals surface area contributed by atoms with Gasteiger partial charge in [0.2, 0.25) is 5.91 Å². The molecule has 1 aromatic heterocycles. The Balaban J connectivity index is 1.86. The largest absolute Gasteiger partial charge is 0.320 e. The molecule has 1 atom stereocenters. The second-order valence-corrected chi connectivity index (χ2v) is 10.1. The lowest BCUT2D eigenvalue weighted by atomic mass is 10.1. The van der Waals surface area contributed by atoms with Crippen LogP contribution in [0.1, 0.15) is 12.5 Å². The summed E-state index contributed by atoms with van der Waals surface area (Å²) in [6, 6.07) is 21.5. The maximum absolute atomic E-state index is 13.2. The molecule has 7 nitrogen and oxygen atoms in total. The molecule has 0 spiro atoms. The van der Waals surface area contributed by atoms with E-state index < -0.39 is 21.4 Å². The normalized spacial score (nSPS) is 12.3. The first kappa shape index (κ1) is 24.4. The van der Waals surface area contributed by atoms with Crippen molar-refractivity contribution in [3.8, 4) is 11.3 Å². The van der Waals surface area contributed by atoms with E-state index in [4.69, 9.17) is 0 Å². The molecule has 1 heterocycles. The molecule has 0 radical (unpaired) electrons. The lowest BCUT2D eigenvalue weighted by Gasteiger charge is -2.17. The second kappa shape index (κ2) is 11.1. The lowest BCUT2D eigenvalue weighted by molar-refractivity contribution is -0.117. The number of benzene rings is 2. The molecule has 0 aliphatic rings. The van der Waals surface area contributed by atoms with Gasteiger partial charge in [-0.3, -0.25) is 9.59 Å². The van der Waals surface area contributed by atoms with Gasteiger partial charge >= 0.3 is 0 Å². The number of nitrogens with zero attached hydrogens (tertiary/aromatic N) is 1. The number of aromatic nitrogens is 1. The minimum Gasteiger partial charge on any atom is -0.320 e. The quantitative estimate of drug-likeness (QED) is 0.478. The number of carbonyl (C=O) groups is 1. The highest BCUT2D eigenvalue weighted by atomic mass is 32.2. The van der Waals surface area contributed by atoms with E-state index in [2.05, 4.69) is 10.6 Å². The molecule has 2 N–H and O–H groups in total. The maximum Gasteiger partial charge on any atom is 0.274 e. The Hall–Kier alpha value is -3.23. The van der Waals surface area contributed by atoms with Crippen LogP contribution >= 0.6 is 0 Å². The molecule has 2 aromatic carbocycles. The molecular formula is C25H29N3O4S. The number of carbonyl (C=O) groups excluding carboxylic acids is 1. The zero-order valence-electron chi connectivity index (χ0n) is 18.8. The number of anilines is 1. The number of rotatable bonds is 10. The fourth-order valence-corrected chi connectivity index (χ4v) is 4.59. The lowest BCUT2D eigenvalue weighted by Crippen LogP contribution is -2.38. The van der Waals surface area contributed by atoms with Gasteiger partial charge in [-0.1, -0.05) is 60.7 Å². The summed E-state index contributed by atoms with van der Waals surface area (Å²) in [6.45, 7) is 1.68. The molecule has 3 rings (SSSR count). The van der Waals surface area contributed by atoms with Gasteiger partial charge in [-0.25, -0.2) is 8.42 Å². The molecule has 1 amide bonds. The number of amides is 1. The molecule has 8 heteroatoms. The first-order valence-electron chi connectivity index (χ1n) is 10.8. The summed E-state index contributed by atoms with van der Waals surface area (Å²) in [5.41, 5.74) is 2.01. The van der Waals surface area contributed by atoms with Gasteiger partial charge in [0.1, 0.15) is 5.69 Å². The third kappa shape index (κ3) is 6.63. The highest BCUT2D eigenvalue weighted by Crippen LogP contribution is 2.19. The van der Waals surface area contributed by atoms with Gasteiger partial charge < -0.3 is 15.2 Å². The topological polar surface area (TPSA) is 97.3 Å². The van der Waals surface area contributed by atoms with E-state index in [1.807, 2.05) is 60.7 Å². The molecule has 0 aliphatic carbocycles. The Morgan fingerprint density at radius 2 is 1.58 bits per heavy atom. The number of hydrogen-bond acceptors (Lipinski definition) is 5. The second-order valence-electron chi connectivity index (χ2n) is 7.84. The van der Waals surface area contributed by atoms with Crippen LogP contribution in [0.5, 0.6) is 0 Å². The number of hydrogen-bond donors (Lipinski definition) is 2. The molecule has 174 valence electrons. The van der Waals surface area contributed by atoms with Crippen LogP contribution in [-0.4, -0.2) is 43.5 Å². The van der Waals surface area contributed by atoms with E-state index in [1.54, 1.807) is 26.1 Å². The smallest absolute Gasteiger partial charge is 0.274 e. The Bertz CT molecular complexity index is 1240. The van der Waals surface area contributed by atoms with Crippen molar-refractivity contribution in [2.45, 2.75) is 25.9 Å². The van der Waals surface area contributed by atoms with Crippen molar-refractivity contribution in [1.82, 2.24) is 9.88 Å². The van der Waals surface area contributed by atoms with Crippen LogP contribution in [0.2, 0.25) is 0 Å². The number of pyridine rings is 1. The first-order chi connectivity index (χ1) is 15.8. The van der Waals surface area contributed by atoms with Crippen LogP contribution in [0.4, 0.5) is 5.69 Å². The summed E-state index contributed by atoms with van der Waals surface area (Å²) in [7, 11) is -1.75. The number of nitrogens with one attached hydrogen (secondary N) is 2. The van der Waals surface area contributed by atoms with Crippen molar-refractivity contribution in [1.29, 1.82) is 0 Å². The van der Waals surface area contributed by atoms with Crippen molar-refractivity contribution in [3.05, 3.63) is 88.7 Å². The predicted octanol–water partition coefficient (Wildman–Crippen LogP) is 2.72. The zero-order chi connectivity index (χ0) is 23.8. The third-order valence-corrected chi connectivity index (χ3v) is 7.13. The highest BCUT2D eigenvalue weighted by Gasteiger charge is 2.18. The van der Waals surface area contributed by atoms with Crippen LogP contribution < -0.4 is 16.2 Å². The van der Waals surface area contributed by atoms with Gasteiger partial charge in [0.15, 0.2) is 9.84 Å². The zero-order valence-corrected chi connectivity index (χ0v) is 19.6. The molecule has 33 heavy (non-hydrogen) atoms. The van der Waals surface area contributed by atoms with Gasteiger partial charge in [-0.2, -0.15) is 0 Å². The van der Waals surface area contributed by atoms with Crippen molar-refractivity contribution in [3.63, 3.8) is 0 Å². The van der Waals surface area contributed by atoms with Gasteiger partial charge in [0.25, 0.3) is 5.56 Å². The highest BCUT2D eigenvalue weighted by molar-refractivity contribution is 7.91. The van der Waals surface area contributed by atoms with Gasteiger partial charge in [-0.15, -0.1) is 0 Å². The summed E-state index contributed by atoms with van der Waals surface area (Å²) >= 11 is 0. The van der Waals surface area contributed by atoms with E-state index in [0.717, 1.165) is 11.1 Å². The Morgan fingerprint density at radius 3 is 2.21 bits per heavy atom. The summed E-state index contributed by atoms with van der Waals surface area (Å²) in [5, 5.41) is 5.47.